The minimum absolute atomic E-state index is 0.129. The molecule has 0 saturated carbocycles. The molecular formula is C15H25BNO5PS+. The Bertz CT molecular complexity index is 520. The van der Waals surface area contributed by atoms with Crippen molar-refractivity contribution in [2.75, 3.05) is 6.54 Å². The van der Waals surface area contributed by atoms with Crippen LogP contribution in [0.25, 0.3) is 0 Å². The van der Waals surface area contributed by atoms with Gasteiger partial charge in [-0.05, 0) is 32.3 Å². The molecule has 1 rings (SSSR count). The lowest BCUT2D eigenvalue weighted by Gasteiger charge is -2.22. The Morgan fingerprint density at radius 2 is 2.21 bits per heavy atom. The van der Waals surface area contributed by atoms with Crippen LogP contribution in [0, 0.1) is 11.7 Å². The molecule has 9 heteroatoms. The molecule has 2 N–H and O–H groups in total. The van der Waals surface area contributed by atoms with Crippen LogP contribution in [-0.2, 0) is 18.6 Å². The molecule has 0 aromatic heterocycles. The number of carbonyl (C=O) groups excluding carboxylic acids is 1. The van der Waals surface area contributed by atoms with Crippen LogP contribution in [0.3, 0.4) is 0 Å². The molecule has 1 radical (unpaired) electrons. The fourth-order valence-corrected chi connectivity index (χ4v) is 3.53. The van der Waals surface area contributed by atoms with Crippen LogP contribution in [0.15, 0.2) is 0 Å². The maximum absolute atomic E-state index is 12.4. The summed E-state index contributed by atoms with van der Waals surface area (Å²) in [4.78, 5) is 11.2. The molecule has 1 aliphatic heterocycles. The Kier molecular flexibility index (Phi) is 8.76. The second-order valence-corrected chi connectivity index (χ2v) is 8.79. The Balaban J connectivity index is 2.76. The van der Waals surface area contributed by atoms with Crippen molar-refractivity contribution in [1.82, 2.24) is 0 Å². The van der Waals surface area contributed by atoms with Crippen LogP contribution in [0.4, 0.5) is 4.79 Å². The first-order valence-corrected chi connectivity index (χ1v) is 9.49. The molecule has 2 unspecified atom stereocenters. The van der Waals surface area contributed by atoms with Crippen molar-refractivity contribution >= 4 is 33.2 Å². The van der Waals surface area contributed by atoms with Gasteiger partial charge >= 0.3 is 13.3 Å². The van der Waals surface area contributed by atoms with Gasteiger partial charge in [-0.3, -0.25) is 0 Å². The number of ether oxygens (including phenoxy) is 2. The van der Waals surface area contributed by atoms with Crippen molar-refractivity contribution in [1.29, 1.82) is 0 Å². The first kappa shape index (κ1) is 21.5. The minimum atomic E-state index is -1.89. The van der Waals surface area contributed by atoms with E-state index < -0.39 is 30.7 Å². The first-order chi connectivity index (χ1) is 11.2. The third-order valence-electron chi connectivity index (χ3n) is 3.46. The molecule has 6 nitrogen and oxygen atoms in total. The van der Waals surface area contributed by atoms with Gasteiger partial charge in [-0.15, -0.1) is 10.4 Å². The van der Waals surface area contributed by atoms with E-state index >= 15 is 0 Å². The molecule has 0 aliphatic carbocycles. The highest BCUT2D eigenvalue weighted by molar-refractivity contribution is 7.96. The third-order valence-corrected chi connectivity index (χ3v) is 5.35. The van der Waals surface area contributed by atoms with E-state index in [4.69, 9.17) is 19.7 Å². The van der Waals surface area contributed by atoms with E-state index in [0.717, 1.165) is 0 Å². The lowest BCUT2D eigenvalue weighted by atomic mass is 9.71. The molecule has 1 fully saturated rings. The van der Waals surface area contributed by atoms with Crippen molar-refractivity contribution in [3.63, 3.8) is 0 Å². The molecule has 0 spiro atoms. The summed E-state index contributed by atoms with van der Waals surface area (Å²) < 4.78 is 29.0. The molecule has 1 aliphatic rings. The van der Waals surface area contributed by atoms with Crippen LogP contribution in [-0.4, -0.2) is 48.6 Å². The Morgan fingerprint density at radius 3 is 2.75 bits per heavy atom. The number of carbonyl (C=O) groups is 1. The maximum Gasteiger partial charge on any atom is 0.514 e. The van der Waals surface area contributed by atoms with Gasteiger partial charge in [-0.2, -0.15) is 5.82 Å². The first-order valence-electron chi connectivity index (χ1n) is 7.86. The van der Waals surface area contributed by atoms with Gasteiger partial charge in [0.05, 0.1) is 12.6 Å². The van der Waals surface area contributed by atoms with Gasteiger partial charge in [0.15, 0.2) is 5.16 Å². The zero-order valence-corrected chi connectivity index (χ0v) is 16.3. The number of rotatable bonds is 7. The number of thiol groups is 1. The highest BCUT2D eigenvalue weighted by Gasteiger charge is 2.49. The number of hydrogen-bond donors (Lipinski definition) is 2. The monoisotopic (exact) mass is 373 g/mol. The van der Waals surface area contributed by atoms with Crippen LogP contribution >= 0.6 is 20.7 Å². The van der Waals surface area contributed by atoms with Gasteiger partial charge in [0.25, 0.3) is 7.28 Å². The molecule has 1 heterocycles. The molecule has 133 valence electrons. The second-order valence-electron chi connectivity index (χ2n) is 6.49. The largest absolute Gasteiger partial charge is 0.514 e. The smallest absolute Gasteiger partial charge is 0.452 e. The van der Waals surface area contributed by atoms with E-state index in [1.807, 2.05) is 27.7 Å². The fraction of sp³-hybridized carbons (Fsp3) is 0.800. The van der Waals surface area contributed by atoms with E-state index in [9.17, 15) is 9.36 Å². The van der Waals surface area contributed by atoms with E-state index in [0.29, 0.717) is 12.8 Å². The third kappa shape index (κ3) is 7.12. The maximum atomic E-state index is 12.4. The highest BCUT2D eigenvalue weighted by atomic mass is 32.1. The highest BCUT2D eigenvalue weighted by Crippen LogP contribution is 2.46. The van der Waals surface area contributed by atoms with Crippen molar-refractivity contribution in [2.24, 2.45) is 5.73 Å². The van der Waals surface area contributed by atoms with Gasteiger partial charge in [0.1, 0.15) is 12.2 Å². The van der Waals surface area contributed by atoms with Crippen molar-refractivity contribution in [2.45, 2.75) is 70.0 Å². The summed E-state index contributed by atoms with van der Waals surface area (Å²) in [6.07, 6.45) is -0.0795. The number of hydrogen-bond acceptors (Lipinski definition) is 6. The molecular weight excluding hydrogens is 348 g/mol. The summed E-state index contributed by atoms with van der Waals surface area (Å²) in [7, 11) is -0.193. The van der Waals surface area contributed by atoms with Gasteiger partial charge in [-0.25, -0.2) is 4.79 Å². The standard InChI is InChI=1S/C15H24BNO5PS/c1-10(2)22-23(19)15(3,4)9-12-11(21-14(18)24)8-13(20-12)16-6-5-7-17/h10-13H,7-9,17H2,1-4H3/p+1/t11?,12-,13-/m1/s1. The predicted molar refractivity (Wildman–Crippen MR) is 97.6 cm³/mol. The van der Waals surface area contributed by atoms with E-state index in [-0.39, 0.29) is 18.7 Å². The normalized spacial score (nSPS) is 24.3. The SMILES string of the molecule is CC(C)O[P+](=O)C(C)(C)C[C@H]1O[C@@H]([B]C#CCN)CC1OC(=O)S. The molecule has 24 heavy (non-hydrogen) atoms. The summed E-state index contributed by atoms with van der Waals surface area (Å²) in [5.74, 6) is 5.55. The lowest BCUT2D eigenvalue weighted by molar-refractivity contribution is 0.0166. The van der Waals surface area contributed by atoms with Crippen LogP contribution < -0.4 is 5.73 Å². The van der Waals surface area contributed by atoms with Crippen LogP contribution in [0.5, 0.6) is 0 Å². The van der Waals surface area contributed by atoms with Crippen molar-refractivity contribution in [3.8, 4) is 11.7 Å². The molecule has 4 atom stereocenters. The molecule has 0 aromatic rings. The van der Waals surface area contributed by atoms with Gasteiger partial charge in [0, 0.05) is 18.8 Å². The van der Waals surface area contributed by atoms with E-state index in [1.54, 1.807) is 7.28 Å². The topological polar surface area (TPSA) is 87.8 Å². The van der Waals surface area contributed by atoms with Crippen LogP contribution in [0.2, 0.25) is 0 Å². The summed E-state index contributed by atoms with van der Waals surface area (Å²) in [6, 6.07) is -0.272. The lowest BCUT2D eigenvalue weighted by Crippen LogP contribution is -2.33. The molecule has 0 aromatic carbocycles. The number of nitrogens with two attached hydrogens (primary N) is 1. The zero-order valence-electron chi connectivity index (χ0n) is 14.5. The molecule has 0 amide bonds. The summed E-state index contributed by atoms with van der Waals surface area (Å²) in [6.45, 7) is 7.64. The van der Waals surface area contributed by atoms with Crippen LogP contribution in [0.1, 0.15) is 40.5 Å². The minimum Gasteiger partial charge on any atom is -0.452 e. The zero-order chi connectivity index (χ0) is 18.3. The average molecular weight is 373 g/mol. The summed E-state index contributed by atoms with van der Waals surface area (Å²) in [5.41, 5.74) is 5.33. The predicted octanol–water partition coefficient (Wildman–Crippen LogP) is 2.50. The van der Waals surface area contributed by atoms with E-state index in [2.05, 4.69) is 24.4 Å². The summed E-state index contributed by atoms with van der Waals surface area (Å²) >= 11 is 3.67. The van der Waals surface area contributed by atoms with Gasteiger partial charge in [-0.1, -0.05) is 12.6 Å². The van der Waals surface area contributed by atoms with Crippen molar-refractivity contribution < 1.29 is 23.4 Å². The molecule has 0 bridgehead atoms. The Labute approximate surface area is 151 Å². The second kappa shape index (κ2) is 9.79. The fourth-order valence-electron chi connectivity index (χ4n) is 2.40. The quantitative estimate of drug-likeness (QED) is 0.234. The summed E-state index contributed by atoms with van der Waals surface area (Å²) in [5, 5.41) is -1.29. The average Bonchev–Trinajstić information content (AvgIpc) is 2.78. The van der Waals surface area contributed by atoms with Crippen molar-refractivity contribution in [3.05, 3.63) is 0 Å². The van der Waals surface area contributed by atoms with E-state index in [1.165, 1.54) is 0 Å². The Morgan fingerprint density at radius 1 is 1.54 bits per heavy atom. The molecule has 1 saturated heterocycles. The Hall–Kier alpha value is -0.575. The van der Waals surface area contributed by atoms with Gasteiger partial charge < -0.3 is 15.2 Å². The van der Waals surface area contributed by atoms with Gasteiger partial charge in [0.2, 0.25) is 0 Å².